The predicted molar refractivity (Wildman–Crippen MR) is 267 cm³/mol. The molecule has 1 spiro atoms. The minimum atomic E-state index is -5.13. The Morgan fingerprint density at radius 1 is 1.07 bits per heavy atom. The van der Waals surface area contributed by atoms with Gasteiger partial charge in [-0.1, -0.05) is 77.5 Å². The van der Waals surface area contributed by atoms with Crippen LogP contribution in [0.1, 0.15) is 105 Å². The van der Waals surface area contributed by atoms with Crippen molar-refractivity contribution in [3.8, 4) is 6.07 Å². The summed E-state index contributed by atoms with van der Waals surface area (Å²) >= 11 is 0. The monoisotopic (exact) mass is 1020 g/mol. The lowest BCUT2D eigenvalue weighted by atomic mass is 9.72. The van der Waals surface area contributed by atoms with Gasteiger partial charge in [0, 0.05) is 75.9 Å². The van der Waals surface area contributed by atoms with E-state index < -0.39 is 91.8 Å². The molecule has 0 aliphatic carbocycles. The number of oxazole rings is 1. The number of rotatable bonds is 27. The third-order valence-corrected chi connectivity index (χ3v) is 14.8. The van der Waals surface area contributed by atoms with Crippen LogP contribution < -0.4 is 5.32 Å². The van der Waals surface area contributed by atoms with Crippen LogP contribution in [0.5, 0.6) is 0 Å². The van der Waals surface area contributed by atoms with Crippen molar-refractivity contribution in [1.29, 1.82) is 5.26 Å². The fraction of sp³-hybridized carbons (Fsp3) is 0.706. The number of phosphoric ester groups is 1. The molecular weight excluding hydrogens is 940 g/mol. The summed E-state index contributed by atoms with van der Waals surface area (Å²) in [4.78, 5) is 39.4. The lowest BCUT2D eigenvalue weighted by molar-refractivity contribution is -0.334. The zero-order valence-electron chi connectivity index (χ0n) is 44.1. The van der Waals surface area contributed by atoms with Crippen molar-refractivity contribution in [3.05, 3.63) is 71.0 Å². The van der Waals surface area contributed by atoms with Crippen molar-refractivity contribution in [2.24, 2.45) is 23.2 Å². The van der Waals surface area contributed by atoms with Gasteiger partial charge < -0.3 is 68.5 Å². The molecule has 15 atom stereocenters. The van der Waals surface area contributed by atoms with Gasteiger partial charge in [-0.2, -0.15) is 5.26 Å². The lowest BCUT2D eigenvalue weighted by Crippen LogP contribution is -2.58. The highest BCUT2D eigenvalue weighted by Crippen LogP contribution is 2.59. The van der Waals surface area contributed by atoms with E-state index in [0.717, 1.165) is 16.7 Å². The number of phosphoric acid groups is 1. The van der Waals surface area contributed by atoms with Crippen LogP contribution in [0, 0.1) is 34.5 Å². The molecule has 0 saturated carbocycles. The molecule has 3 heterocycles. The van der Waals surface area contributed by atoms with Crippen LogP contribution in [0.2, 0.25) is 0 Å². The van der Waals surface area contributed by atoms with Crippen molar-refractivity contribution in [1.82, 2.24) is 15.2 Å². The summed E-state index contributed by atoms with van der Waals surface area (Å²) in [5, 5.41) is 55.8. The fourth-order valence-electron chi connectivity index (χ4n) is 9.26. The summed E-state index contributed by atoms with van der Waals surface area (Å²) in [6, 6.07) is 1.42. The first-order valence-corrected chi connectivity index (χ1v) is 25.7. The quantitative estimate of drug-likeness (QED) is 0.0333. The first-order valence-electron chi connectivity index (χ1n) is 24.2. The number of ether oxygens (including phenoxy) is 5. The summed E-state index contributed by atoms with van der Waals surface area (Å²) in [6.45, 7) is 17.0. The molecule has 20 heteroatoms. The van der Waals surface area contributed by atoms with Gasteiger partial charge in [-0.05, 0) is 64.9 Å². The van der Waals surface area contributed by atoms with Crippen molar-refractivity contribution in [3.63, 3.8) is 0 Å². The fourth-order valence-corrected chi connectivity index (χ4v) is 9.94. The molecule has 2 fully saturated rings. The van der Waals surface area contributed by atoms with Crippen LogP contribution in [0.4, 0.5) is 0 Å². The molecule has 15 unspecified atom stereocenters. The van der Waals surface area contributed by atoms with E-state index in [2.05, 4.69) is 10.3 Å². The SMILES string of the molecule is COCC(C(O)C(O)C(=O)NCCC(C)c1nc(C=CCC2OC3(CC(O)C2C)OC(C(CC(OC)C(C)C(O)C(C)C=C(C)C(C)=CC=CC(C)=CC#N)OC)C(OP(=O)(O)O)C3(C)C)co1)N(C)C. The molecule has 2 aliphatic heterocycles. The van der Waals surface area contributed by atoms with Crippen molar-refractivity contribution in [2.75, 3.05) is 48.6 Å². The second kappa shape index (κ2) is 27.8. The van der Waals surface area contributed by atoms with Crippen LogP contribution in [-0.4, -0.2) is 161 Å². The highest BCUT2D eigenvalue weighted by Gasteiger charge is 2.68. The number of amides is 1. The van der Waals surface area contributed by atoms with Gasteiger partial charge in [0.15, 0.2) is 17.8 Å². The Morgan fingerprint density at radius 2 is 1.75 bits per heavy atom. The number of methoxy groups -OCH3 is 3. The number of aromatic nitrogens is 1. The molecule has 2 aliphatic rings. The smallest absolute Gasteiger partial charge is 0.448 e. The second-order valence-corrected chi connectivity index (χ2v) is 21.3. The third kappa shape index (κ3) is 16.8. The summed E-state index contributed by atoms with van der Waals surface area (Å²) in [7, 11) is 2.75. The molecule has 0 bridgehead atoms. The molecule has 19 nitrogen and oxygen atoms in total. The number of nitrogens with zero attached hydrogens (tertiary/aromatic N) is 3. The average Bonchev–Trinajstić information content (AvgIpc) is 3.85. The lowest BCUT2D eigenvalue weighted by Gasteiger charge is -2.50. The molecular formula is C51H83N4O15P. The zero-order chi connectivity index (χ0) is 53.6. The zero-order valence-corrected chi connectivity index (χ0v) is 45.0. The maximum atomic E-state index is 12.6. The number of carbonyl (C=O) groups is 1. The van der Waals surface area contributed by atoms with E-state index >= 15 is 0 Å². The minimum Gasteiger partial charge on any atom is -0.448 e. The van der Waals surface area contributed by atoms with Crippen molar-refractivity contribution < 1.29 is 72.2 Å². The number of hydrogen-bond donors (Lipinski definition) is 7. The molecule has 1 amide bonds. The topological polar surface area (TPSA) is 276 Å². The molecule has 402 valence electrons. The third-order valence-electron chi connectivity index (χ3n) is 14.3. The van der Waals surface area contributed by atoms with Gasteiger partial charge in [0.25, 0.3) is 5.91 Å². The number of likely N-dealkylation sites (N-methyl/N-ethyl adjacent to an activating group) is 1. The Balaban J connectivity index is 1.77. The van der Waals surface area contributed by atoms with E-state index in [-0.39, 0.29) is 50.2 Å². The molecule has 71 heavy (non-hydrogen) atoms. The Morgan fingerprint density at radius 3 is 2.34 bits per heavy atom. The maximum Gasteiger partial charge on any atom is 0.469 e. The standard InChI is InChI=1S/C51H83N4O15P/c1-30(21-23-52)17-15-18-31(2)33(4)25-34(5)43(57)36(7)41(65-13)26-42(66-14)46-47(70-71(61,62)63)50(8,9)51(69-46)27-39(56)35(6)40(68-51)20-16-19-37-28-67-49(54-37)32(3)22-24-53-48(60)45(59)44(58)38(29-64-12)55(10)11/h15-19,21,25,28,32,34-36,38-47,56-59H,20,22,24,26-27,29H2,1-14H3,(H,53,60)(H2,61,62,63). The Kier molecular flexibility index (Phi) is 24.2. The largest absolute Gasteiger partial charge is 0.469 e. The Hall–Kier alpha value is -3.42. The molecule has 0 radical (unpaired) electrons. The van der Waals surface area contributed by atoms with E-state index in [1.165, 1.54) is 33.7 Å². The highest BCUT2D eigenvalue weighted by atomic mass is 31.2. The number of aliphatic hydroxyl groups excluding tert-OH is 4. The van der Waals surface area contributed by atoms with Gasteiger partial charge >= 0.3 is 7.82 Å². The molecule has 3 rings (SSSR count). The van der Waals surface area contributed by atoms with Gasteiger partial charge in [-0.25, -0.2) is 9.55 Å². The van der Waals surface area contributed by atoms with E-state index in [0.29, 0.717) is 18.0 Å². The Labute approximate surface area is 420 Å². The molecule has 1 aromatic heterocycles. The summed E-state index contributed by atoms with van der Waals surface area (Å²) < 4.78 is 54.6. The van der Waals surface area contributed by atoms with Crippen LogP contribution >= 0.6 is 7.82 Å². The number of allylic oxidation sites excluding steroid dienone is 7. The second-order valence-electron chi connectivity index (χ2n) is 20.1. The van der Waals surface area contributed by atoms with Gasteiger partial charge in [0.1, 0.15) is 30.3 Å². The van der Waals surface area contributed by atoms with Crippen LogP contribution in [-0.2, 0) is 37.6 Å². The summed E-state index contributed by atoms with van der Waals surface area (Å²) in [6.07, 6.45) is 5.63. The van der Waals surface area contributed by atoms with Crippen molar-refractivity contribution in [2.45, 2.75) is 161 Å². The minimum absolute atomic E-state index is 0.0316. The van der Waals surface area contributed by atoms with E-state index in [1.807, 2.05) is 84.9 Å². The van der Waals surface area contributed by atoms with Gasteiger partial charge in [0.2, 0.25) is 0 Å². The van der Waals surface area contributed by atoms with Gasteiger partial charge in [-0.15, -0.1) is 0 Å². The number of nitrogens with one attached hydrogen (secondary N) is 1. The van der Waals surface area contributed by atoms with E-state index in [4.69, 9.17) is 37.9 Å². The maximum absolute atomic E-state index is 12.6. The summed E-state index contributed by atoms with van der Waals surface area (Å²) in [5.41, 5.74) is 2.02. The normalized spacial score (nSPS) is 27.4. The summed E-state index contributed by atoms with van der Waals surface area (Å²) in [5.74, 6) is -3.23. The highest BCUT2D eigenvalue weighted by molar-refractivity contribution is 7.46. The van der Waals surface area contributed by atoms with E-state index in [9.17, 15) is 39.6 Å². The molecule has 7 N–H and O–H groups in total. The van der Waals surface area contributed by atoms with Crippen molar-refractivity contribution >= 4 is 19.8 Å². The molecule has 0 aromatic carbocycles. The van der Waals surface area contributed by atoms with Crippen LogP contribution in [0.25, 0.3) is 6.08 Å². The van der Waals surface area contributed by atoms with Gasteiger partial charge in [0.05, 0.1) is 49.2 Å². The van der Waals surface area contributed by atoms with E-state index in [1.54, 1.807) is 38.9 Å². The molecule has 2 saturated heterocycles. The number of nitriles is 1. The number of carbonyl (C=O) groups excluding carboxylic acids is 1. The predicted octanol–water partition coefficient (Wildman–Crippen LogP) is 5.34. The van der Waals surface area contributed by atoms with Crippen LogP contribution in [0.3, 0.4) is 0 Å². The first-order chi connectivity index (χ1) is 33.2. The van der Waals surface area contributed by atoms with Gasteiger partial charge in [-0.3, -0.25) is 9.32 Å². The Bertz CT molecular complexity index is 2090. The average molecular weight is 1020 g/mol. The molecule has 1 aromatic rings. The first kappa shape index (κ1) is 61.9. The number of hydrogen-bond acceptors (Lipinski definition) is 16. The number of aliphatic hydroxyl groups is 4. The van der Waals surface area contributed by atoms with Crippen LogP contribution in [0.15, 0.2) is 63.9 Å².